The number of amides is 1. The van der Waals surface area contributed by atoms with Crippen molar-refractivity contribution in [3.05, 3.63) is 65.2 Å². The zero-order valence-corrected chi connectivity index (χ0v) is 33.0. The smallest absolute Gasteiger partial charge is 0.338 e. The third-order valence-corrected chi connectivity index (χ3v) is 12.1. The molecule has 2 aliphatic carbocycles. The minimum absolute atomic E-state index is 0.0337. The lowest BCUT2D eigenvalue weighted by Crippen LogP contribution is -2.53. The van der Waals surface area contributed by atoms with E-state index in [9.17, 15) is 9.59 Å². The van der Waals surface area contributed by atoms with Gasteiger partial charge in [-0.1, -0.05) is 51.3 Å². The van der Waals surface area contributed by atoms with E-state index in [4.69, 9.17) is 14.2 Å². The number of fused-ring (bicyclic) bond motifs is 7. The second-order valence-electron chi connectivity index (χ2n) is 17.3. The minimum atomic E-state index is -0.630. The monoisotopic (exact) mass is 711 g/mol. The Hall–Kier alpha value is -3.62. The van der Waals surface area contributed by atoms with Crippen LogP contribution in [0.15, 0.2) is 48.6 Å². The number of methoxy groups -OCH3 is 1. The topological polar surface area (TPSA) is 82.0 Å². The van der Waals surface area contributed by atoms with Crippen molar-refractivity contribution in [1.29, 1.82) is 0 Å². The summed E-state index contributed by atoms with van der Waals surface area (Å²) >= 11 is 0. The van der Waals surface area contributed by atoms with E-state index >= 15 is 0 Å². The Labute approximate surface area is 311 Å². The number of esters is 1. The number of aromatic nitrogens is 1. The molecule has 1 aromatic heterocycles. The Bertz CT molecular complexity index is 1810. The van der Waals surface area contributed by atoms with Crippen LogP contribution in [0.25, 0.3) is 22.2 Å². The predicted octanol–water partition coefficient (Wildman–Crippen LogP) is 8.86. The van der Waals surface area contributed by atoms with E-state index in [1.165, 1.54) is 47.0 Å². The van der Waals surface area contributed by atoms with E-state index < -0.39 is 11.0 Å². The van der Waals surface area contributed by atoms with Gasteiger partial charge in [-0.3, -0.25) is 4.79 Å². The molecule has 2 atom stereocenters. The molecule has 282 valence electrons. The fourth-order valence-corrected chi connectivity index (χ4v) is 8.64. The van der Waals surface area contributed by atoms with Crippen LogP contribution < -0.4 is 10.1 Å². The molecule has 1 amide bonds. The molecule has 2 saturated carbocycles. The van der Waals surface area contributed by atoms with Crippen LogP contribution in [0.5, 0.6) is 5.75 Å². The Morgan fingerprint density at radius 2 is 1.77 bits per heavy atom. The van der Waals surface area contributed by atoms with Crippen molar-refractivity contribution < 1.29 is 23.8 Å². The first kappa shape index (κ1) is 38.1. The molecule has 3 aliphatic rings. The zero-order valence-electron chi connectivity index (χ0n) is 33.0. The van der Waals surface area contributed by atoms with Crippen molar-refractivity contribution in [2.75, 3.05) is 47.0 Å². The van der Waals surface area contributed by atoms with E-state index in [1.54, 1.807) is 7.11 Å². The molecule has 0 radical (unpaired) electrons. The summed E-state index contributed by atoms with van der Waals surface area (Å²) in [6.45, 7) is 20.0. The highest BCUT2D eigenvalue weighted by Gasteiger charge is 2.57. The van der Waals surface area contributed by atoms with Gasteiger partial charge >= 0.3 is 5.97 Å². The van der Waals surface area contributed by atoms with E-state index in [-0.39, 0.29) is 23.2 Å². The molecule has 6 rings (SSSR count). The van der Waals surface area contributed by atoms with Crippen LogP contribution in [-0.2, 0) is 20.8 Å². The van der Waals surface area contributed by atoms with Gasteiger partial charge in [-0.2, -0.15) is 0 Å². The highest BCUT2D eigenvalue weighted by molar-refractivity contribution is 6.00. The maximum Gasteiger partial charge on any atom is 0.338 e. The first-order valence-electron chi connectivity index (χ1n) is 19.4. The molecule has 8 nitrogen and oxygen atoms in total. The molecule has 1 aliphatic heterocycles. The Morgan fingerprint density at radius 1 is 1.02 bits per heavy atom. The van der Waals surface area contributed by atoms with Gasteiger partial charge in [0.05, 0.1) is 37.0 Å². The minimum Gasteiger partial charge on any atom is -0.497 e. The first-order chi connectivity index (χ1) is 24.7. The standard InChI is InChI=1S/C44H61N3O5/c1-29(2)43(6,7)27-45-21-23-51-24-22-46(8)41(49)44-20-19-36(44)35-26-32(50-9)16-18-33(35)39-38(30-13-11-10-12-14-30)34-17-15-31(25-37(34)47(39)28-44)40(48)52-42(3,4)5/h15-18,25-26,30,36,45H,1,10-14,19-24,27-28H2,2-9H3. The van der Waals surface area contributed by atoms with Crippen LogP contribution in [0.4, 0.5) is 0 Å². The van der Waals surface area contributed by atoms with Crippen LogP contribution in [0.1, 0.15) is 120 Å². The molecule has 2 fully saturated rings. The van der Waals surface area contributed by atoms with Crippen molar-refractivity contribution >= 4 is 22.8 Å². The molecule has 2 aromatic carbocycles. The lowest BCUT2D eigenvalue weighted by atomic mass is 9.56. The number of rotatable bonds is 13. The van der Waals surface area contributed by atoms with Gasteiger partial charge < -0.3 is 29.0 Å². The number of carbonyl (C=O) groups excluding carboxylic acids is 2. The fourth-order valence-electron chi connectivity index (χ4n) is 8.64. The maximum absolute atomic E-state index is 14.9. The van der Waals surface area contributed by atoms with Crippen LogP contribution in [0, 0.1) is 10.8 Å². The van der Waals surface area contributed by atoms with Gasteiger partial charge in [0.1, 0.15) is 11.4 Å². The average molecular weight is 712 g/mol. The Kier molecular flexibility index (Phi) is 11.0. The number of carbonyl (C=O) groups is 2. The summed E-state index contributed by atoms with van der Waals surface area (Å²) in [7, 11) is 3.63. The number of hydrogen-bond acceptors (Lipinski definition) is 6. The van der Waals surface area contributed by atoms with Crippen molar-refractivity contribution in [1.82, 2.24) is 14.8 Å². The average Bonchev–Trinajstić information content (AvgIpc) is 3.37. The summed E-state index contributed by atoms with van der Waals surface area (Å²) in [5.41, 5.74) is 6.45. The van der Waals surface area contributed by atoms with Gasteiger partial charge in [0.2, 0.25) is 5.91 Å². The molecule has 0 saturated heterocycles. The first-order valence-corrected chi connectivity index (χ1v) is 19.4. The normalized spacial score (nSPS) is 20.3. The Morgan fingerprint density at radius 3 is 2.42 bits per heavy atom. The van der Waals surface area contributed by atoms with Gasteiger partial charge in [0.15, 0.2) is 0 Å². The fraction of sp³-hybridized carbons (Fsp3) is 0.591. The number of nitrogens with one attached hydrogen (secondary N) is 1. The van der Waals surface area contributed by atoms with Crippen molar-refractivity contribution in [3.63, 3.8) is 0 Å². The third-order valence-electron chi connectivity index (χ3n) is 12.1. The lowest BCUT2D eigenvalue weighted by molar-refractivity contribution is -0.150. The maximum atomic E-state index is 14.9. The number of benzene rings is 2. The highest BCUT2D eigenvalue weighted by Crippen LogP contribution is 2.61. The summed E-state index contributed by atoms with van der Waals surface area (Å²) in [4.78, 5) is 30.2. The van der Waals surface area contributed by atoms with E-state index in [0.29, 0.717) is 37.8 Å². The van der Waals surface area contributed by atoms with Gasteiger partial charge in [-0.05, 0) is 106 Å². The van der Waals surface area contributed by atoms with Gasteiger partial charge in [0, 0.05) is 55.6 Å². The third kappa shape index (κ3) is 7.43. The zero-order chi connectivity index (χ0) is 37.4. The predicted molar refractivity (Wildman–Crippen MR) is 209 cm³/mol. The number of ether oxygens (including phenoxy) is 3. The molecule has 52 heavy (non-hydrogen) atoms. The van der Waals surface area contributed by atoms with E-state index in [2.05, 4.69) is 61.5 Å². The summed E-state index contributed by atoms with van der Waals surface area (Å²) in [6, 6.07) is 12.5. The molecule has 2 heterocycles. The highest BCUT2D eigenvalue weighted by atomic mass is 16.6. The van der Waals surface area contributed by atoms with Gasteiger partial charge in [-0.15, -0.1) is 0 Å². The van der Waals surface area contributed by atoms with Crippen LogP contribution >= 0.6 is 0 Å². The summed E-state index contributed by atoms with van der Waals surface area (Å²) < 4.78 is 20.0. The molecule has 8 heteroatoms. The van der Waals surface area contributed by atoms with Gasteiger partial charge in [-0.25, -0.2) is 4.79 Å². The van der Waals surface area contributed by atoms with E-state index in [1.807, 2.05) is 44.9 Å². The van der Waals surface area contributed by atoms with Gasteiger partial charge in [0.25, 0.3) is 0 Å². The number of nitrogens with zero attached hydrogens (tertiary/aromatic N) is 2. The largest absolute Gasteiger partial charge is 0.497 e. The Balaban J connectivity index is 1.35. The molecular weight excluding hydrogens is 651 g/mol. The lowest BCUT2D eigenvalue weighted by Gasteiger charge is -2.49. The number of hydrogen-bond donors (Lipinski definition) is 1. The molecule has 0 spiro atoms. The molecular formula is C44H61N3O5. The van der Waals surface area contributed by atoms with Crippen molar-refractivity contribution in [3.8, 4) is 17.0 Å². The van der Waals surface area contributed by atoms with Crippen LogP contribution in [-0.4, -0.2) is 74.0 Å². The molecule has 1 N–H and O–H groups in total. The summed E-state index contributed by atoms with van der Waals surface area (Å²) in [6.07, 6.45) is 7.70. The second-order valence-corrected chi connectivity index (χ2v) is 17.3. The van der Waals surface area contributed by atoms with Crippen molar-refractivity contribution in [2.45, 2.75) is 110 Å². The SMILES string of the molecule is C=C(C)C(C)(C)CNCCOCCN(C)C(=O)C12CCC1c1cc(OC)ccc1-c1c(C3CCCCC3)c3ccc(C(=O)OC(C)(C)C)cc3n1C2. The number of likely N-dealkylation sites (N-methyl/N-ethyl adjacent to an activating group) is 1. The quantitative estimate of drug-likeness (QED) is 0.108. The summed E-state index contributed by atoms with van der Waals surface area (Å²) in [5, 5.41) is 4.66. The molecule has 2 unspecified atom stereocenters. The van der Waals surface area contributed by atoms with E-state index in [0.717, 1.165) is 55.6 Å². The second kappa shape index (κ2) is 15.0. The van der Waals surface area contributed by atoms with Crippen molar-refractivity contribution in [2.24, 2.45) is 10.8 Å². The molecule has 3 aromatic rings. The summed E-state index contributed by atoms with van der Waals surface area (Å²) in [5.74, 6) is 1.10. The molecule has 0 bridgehead atoms. The van der Waals surface area contributed by atoms with Crippen LogP contribution in [0.2, 0.25) is 0 Å². The van der Waals surface area contributed by atoms with Crippen LogP contribution in [0.3, 0.4) is 0 Å².